The number of nitrogens with zero attached hydrogens (tertiary/aromatic N) is 4. The zero-order valence-electron chi connectivity index (χ0n) is 13.5. The van der Waals surface area contributed by atoms with Gasteiger partial charge in [-0.3, -0.25) is 9.78 Å². The topological polar surface area (TPSA) is 72.2 Å². The zero-order chi connectivity index (χ0) is 17.2. The molecule has 0 saturated heterocycles. The van der Waals surface area contributed by atoms with E-state index in [9.17, 15) is 4.79 Å². The molecule has 4 heterocycles. The van der Waals surface area contributed by atoms with E-state index in [1.165, 1.54) is 11.3 Å². The molecule has 6 nitrogen and oxygen atoms in total. The highest BCUT2D eigenvalue weighted by Gasteiger charge is 2.12. The molecule has 0 fully saturated rings. The van der Waals surface area contributed by atoms with Gasteiger partial charge in [-0.15, -0.1) is 16.4 Å². The number of aromatic nitrogens is 4. The second kappa shape index (κ2) is 6.45. The first-order valence-electron chi connectivity index (χ1n) is 7.79. The van der Waals surface area contributed by atoms with E-state index in [2.05, 4.69) is 20.4 Å². The molecule has 0 aromatic carbocycles. The van der Waals surface area contributed by atoms with Crippen molar-refractivity contribution < 1.29 is 4.79 Å². The number of carbonyl (C=O) groups is 1. The lowest BCUT2D eigenvalue weighted by atomic mass is 10.3. The lowest BCUT2D eigenvalue weighted by Crippen LogP contribution is -2.04. The van der Waals surface area contributed by atoms with Gasteiger partial charge in [0, 0.05) is 18.9 Å². The first-order valence-corrected chi connectivity index (χ1v) is 8.61. The van der Waals surface area contributed by atoms with Gasteiger partial charge in [0.05, 0.1) is 16.0 Å². The van der Waals surface area contributed by atoms with Gasteiger partial charge in [-0.05, 0) is 48.9 Å². The molecular formula is C18H15N5OS. The number of thiophene rings is 1. The Morgan fingerprint density at radius 1 is 1.16 bits per heavy atom. The number of Topliss-reactive ketones (excluding diaryl/α,β-unsaturated/α-hetero) is 1. The van der Waals surface area contributed by atoms with Crippen LogP contribution in [0.4, 0.5) is 5.82 Å². The Labute approximate surface area is 148 Å². The van der Waals surface area contributed by atoms with Gasteiger partial charge in [0.1, 0.15) is 11.5 Å². The number of fused-ring (bicyclic) bond motifs is 1. The van der Waals surface area contributed by atoms with Crippen LogP contribution >= 0.6 is 11.3 Å². The molecule has 25 heavy (non-hydrogen) atoms. The van der Waals surface area contributed by atoms with Crippen molar-refractivity contribution in [2.45, 2.75) is 13.5 Å². The summed E-state index contributed by atoms with van der Waals surface area (Å²) in [5, 5.41) is 7.94. The van der Waals surface area contributed by atoms with Crippen molar-refractivity contribution in [3.05, 3.63) is 65.4 Å². The van der Waals surface area contributed by atoms with Crippen LogP contribution in [0.2, 0.25) is 0 Å². The van der Waals surface area contributed by atoms with Gasteiger partial charge in [0.15, 0.2) is 11.4 Å². The smallest absolute Gasteiger partial charge is 0.169 e. The molecule has 0 atom stereocenters. The highest BCUT2D eigenvalue weighted by molar-refractivity contribution is 7.17. The van der Waals surface area contributed by atoms with Crippen LogP contribution in [0, 0.1) is 0 Å². The highest BCUT2D eigenvalue weighted by Crippen LogP contribution is 2.28. The van der Waals surface area contributed by atoms with Crippen molar-refractivity contribution in [2.24, 2.45) is 0 Å². The summed E-state index contributed by atoms with van der Waals surface area (Å²) in [5.41, 5.74) is 2.77. The van der Waals surface area contributed by atoms with Crippen molar-refractivity contribution in [3.8, 4) is 10.6 Å². The van der Waals surface area contributed by atoms with Crippen LogP contribution in [-0.4, -0.2) is 25.4 Å². The molecule has 0 aliphatic carbocycles. The number of nitrogens with one attached hydrogen (secondary N) is 1. The molecule has 124 valence electrons. The van der Waals surface area contributed by atoms with Crippen LogP contribution in [-0.2, 0) is 6.54 Å². The SMILES string of the molecule is CC(=O)c1ccc(-c2cnc3ccc(NCc4ccncc4)nn23)s1. The predicted molar refractivity (Wildman–Crippen MR) is 97.9 cm³/mol. The molecule has 0 aliphatic heterocycles. The lowest BCUT2D eigenvalue weighted by molar-refractivity contribution is 0.102. The maximum atomic E-state index is 11.5. The average Bonchev–Trinajstić information content (AvgIpc) is 3.27. The van der Waals surface area contributed by atoms with Gasteiger partial charge in [0.25, 0.3) is 0 Å². The monoisotopic (exact) mass is 349 g/mol. The van der Waals surface area contributed by atoms with Gasteiger partial charge in [0.2, 0.25) is 0 Å². The van der Waals surface area contributed by atoms with Gasteiger partial charge in [-0.25, -0.2) is 9.50 Å². The Balaban J connectivity index is 1.64. The summed E-state index contributed by atoms with van der Waals surface area (Å²) in [6.45, 7) is 2.24. The molecule has 4 aromatic heterocycles. The number of carbonyl (C=O) groups excluding carboxylic acids is 1. The quantitative estimate of drug-likeness (QED) is 0.557. The van der Waals surface area contributed by atoms with E-state index in [1.54, 1.807) is 30.0 Å². The number of rotatable bonds is 5. The molecular weight excluding hydrogens is 334 g/mol. The van der Waals surface area contributed by atoms with Crippen LogP contribution in [0.25, 0.3) is 16.2 Å². The minimum Gasteiger partial charge on any atom is -0.365 e. The van der Waals surface area contributed by atoms with Crippen LogP contribution in [0.1, 0.15) is 22.2 Å². The second-order valence-corrected chi connectivity index (χ2v) is 6.64. The van der Waals surface area contributed by atoms with Crippen molar-refractivity contribution in [1.82, 2.24) is 19.6 Å². The van der Waals surface area contributed by atoms with Crippen LogP contribution < -0.4 is 5.32 Å². The minimum atomic E-state index is 0.0673. The third-order valence-corrected chi connectivity index (χ3v) is 5.00. The molecule has 0 spiro atoms. The van der Waals surface area contributed by atoms with E-state index < -0.39 is 0 Å². The predicted octanol–water partition coefficient (Wildman–Crippen LogP) is 3.67. The Kier molecular flexibility index (Phi) is 3.99. The summed E-state index contributed by atoms with van der Waals surface area (Å²) in [6, 6.07) is 11.5. The summed E-state index contributed by atoms with van der Waals surface area (Å²) in [4.78, 5) is 21.6. The molecule has 0 bridgehead atoms. The molecule has 7 heteroatoms. The summed E-state index contributed by atoms with van der Waals surface area (Å²) < 4.78 is 1.80. The Morgan fingerprint density at radius 2 is 2.00 bits per heavy atom. The molecule has 4 rings (SSSR count). The fourth-order valence-electron chi connectivity index (χ4n) is 2.49. The van der Waals surface area contributed by atoms with E-state index in [1.807, 2.05) is 36.4 Å². The number of pyridine rings is 1. The maximum absolute atomic E-state index is 11.5. The largest absolute Gasteiger partial charge is 0.365 e. The number of ketones is 1. The second-order valence-electron chi connectivity index (χ2n) is 5.56. The van der Waals surface area contributed by atoms with E-state index in [-0.39, 0.29) is 5.78 Å². The Morgan fingerprint density at radius 3 is 2.76 bits per heavy atom. The van der Waals surface area contributed by atoms with E-state index in [0.717, 1.165) is 32.5 Å². The van der Waals surface area contributed by atoms with Gasteiger partial charge in [-0.1, -0.05) is 0 Å². The normalized spacial score (nSPS) is 10.9. The van der Waals surface area contributed by atoms with Crippen molar-refractivity contribution in [1.29, 1.82) is 0 Å². The van der Waals surface area contributed by atoms with E-state index in [0.29, 0.717) is 6.54 Å². The number of hydrogen-bond donors (Lipinski definition) is 1. The minimum absolute atomic E-state index is 0.0673. The zero-order valence-corrected chi connectivity index (χ0v) is 14.3. The third kappa shape index (κ3) is 3.14. The van der Waals surface area contributed by atoms with Gasteiger partial charge < -0.3 is 5.32 Å². The molecule has 4 aromatic rings. The number of anilines is 1. The first kappa shape index (κ1) is 15.5. The molecule has 0 saturated carbocycles. The van der Waals surface area contributed by atoms with Crippen molar-refractivity contribution >= 4 is 28.6 Å². The van der Waals surface area contributed by atoms with E-state index >= 15 is 0 Å². The average molecular weight is 349 g/mol. The fraction of sp³-hybridized carbons (Fsp3) is 0.111. The van der Waals surface area contributed by atoms with Crippen LogP contribution in [0.15, 0.2) is 55.0 Å². The van der Waals surface area contributed by atoms with Crippen LogP contribution in [0.3, 0.4) is 0 Å². The standard InChI is InChI=1S/C18H15N5OS/c1-12(24)15-2-3-16(25-15)14-11-21-18-5-4-17(22-23(14)18)20-10-13-6-8-19-9-7-13/h2-9,11H,10H2,1H3,(H,20,22). The Bertz CT molecular complexity index is 1040. The summed E-state index contributed by atoms with van der Waals surface area (Å²) in [7, 11) is 0. The third-order valence-electron chi connectivity index (χ3n) is 3.79. The Hall–Kier alpha value is -3.06. The molecule has 0 aliphatic rings. The van der Waals surface area contributed by atoms with Crippen molar-refractivity contribution in [3.63, 3.8) is 0 Å². The number of hydrogen-bond acceptors (Lipinski definition) is 6. The summed E-state index contributed by atoms with van der Waals surface area (Å²) in [5.74, 6) is 0.824. The number of imidazole rings is 1. The molecule has 0 amide bonds. The summed E-state index contributed by atoms with van der Waals surface area (Å²) >= 11 is 1.45. The molecule has 0 unspecified atom stereocenters. The lowest BCUT2D eigenvalue weighted by Gasteiger charge is -2.06. The van der Waals surface area contributed by atoms with Gasteiger partial charge >= 0.3 is 0 Å². The molecule has 0 radical (unpaired) electrons. The highest BCUT2D eigenvalue weighted by atomic mass is 32.1. The van der Waals surface area contributed by atoms with Crippen molar-refractivity contribution in [2.75, 3.05) is 5.32 Å². The molecule has 1 N–H and O–H groups in total. The van der Waals surface area contributed by atoms with E-state index in [4.69, 9.17) is 0 Å². The van der Waals surface area contributed by atoms with Gasteiger partial charge in [-0.2, -0.15) is 0 Å². The summed E-state index contributed by atoms with van der Waals surface area (Å²) in [6.07, 6.45) is 5.32. The maximum Gasteiger partial charge on any atom is 0.169 e. The first-order chi connectivity index (χ1) is 12.2. The van der Waals surface area contributed by atoms with Crippen LogP contribution in [0.5, 0.6) is 0 Å². The fourth-order valence-corrected chi connectivity index (χ4v) is 3.39.